The summed E-state index contributed by atoms with van der Waals surface area (Å²) in [5, 5.41) is 4.73. The molecule has 0 N–H and O–H groups in total. The Kier molecular flexibility index (Phi) is 4.62. The summed E-state index contributed by atoms with van der Waals surface area (Å²) in [7, 11) is -3.62. The third kappa shape index (κ3) is 3.30. The average molecular weight is 355 g/mol. The van der Waals surface area contributed by atoms with Gasteiger partial charge in [0.25, 0.3) is 0 Å². The Hall–Kier alpha value is -1.17. The molecule has 2 aromatic carbocycles. The largest absolute Gasteiger partial charge is 0.408 e. The van der Waals surface area contributed by atoms with Gasteiger partial charge in [-0.1, -0.05) is 77.9 Å². The smallest absolute Gasteiger partial charge is 0.221 e. The maximum absolute atomic E-state index is 6.76. The van der Waals surface area contributed by atoms with E-state index in [1.165, 1.54) is 18.5 Å². The van der Waals surface area contributed by atoms with Crippen molar-refractivity contribution >= 4 is 32.0 Å². The predicted octanol–water partition coefficient (Wildman–Crippen LogP) is 3.88. The molecule has 0 saturated carbocycles. The molecular weight excluding hydrogens is 324 g/mol. The molecule has 1 aliphatic heterocycles. The third-order valence-corrected chi connectivity index (χ3v) is 14.1. The van der Waals surface area contributed by atoms with Crippen molar-refractivity contribution in [1.29, 1.82) is 0 Å². The van der Waals surface area contributed by atoms with E-state index in [1.807, 2.05) is 0 Å². The minimum atomic E-state index is -1.93. The fourth-order valence-corrected chi connectivity index (χ4v) is 13.9. The van der Waals surface area contributed by atoms with Gasteiger partial charge in [0.1, 0.15) is 8.07 Å². The molecule has 1 heterocycles. The quantitative estimate of drug-likeness (QED) is 0.744. The highest BCUT2D eigenvalue weighted by Crippen LogP contribution is 2.28. The van der Waals surface area contributed by atoms with Crippen molar-refractivity contribution in [2.45, 2.75) is 58.0 Å². The number of fused-ring (bicyclic) bond motifs is 1. The van der Waals surface area contributed by atoms with Crippen molar-refractivity contribution in [2.75, 3.05) is 0 Å². The zero-order valence-electron chi connectivity index (χ0n) is 15.7. The second-order valence-corrected chi connectivity index (χ2v) is 16.5. The van der Waals surface area contributed by atoms with Gasteiger partial charge in [-0.15, -0.1) is 0 Å². The van der Waals surface area contributed by atoms with E-state index in [-0.39, 0.29) is 5.60 Å². The summed E-state index contributed by atoms with van der Waals surface area (Å²) in [5.74, 6) is 0. The van der Waals surface area contributed by atoms with Crippen LogP contribution in [0.15, 0.2) is 54.6 Å². The summed E-state index contributed by atoms with van der Waals surface area (Å²) in [5.41, 5.74) is -0.0802. The van der Waals surface area contributed by atoms with E-state index in [4.69, 9.17) is 4.43 Å². The molecule has 1 nitrogen and oxygen atoms in total. The lowest BCUT2D eigenvalue weighted by Gasteiger charge is -2.37. The Bertz CT molecular complexity index is 707. The number of hydrogen-bond acceptors (Lipinski definition) is 1. The molecule has 24 heavy (non-hydrogen) atoms. The first-order valence-electron chi connectivity index (χ1n) is 9.10. The van der Waals surface area contributed by atoms with Crippen LogP contribution in [0.25, 0.3) is 0 Å². The molecule has 0 amide bonds. The highest BCUT2D eigenvalue weighted by atomic mass is 28.4. The zero-order chi connectivity index (χ0) is 17.4. The Balaban J connectivity index is 2.16. The summed E-state index contributed by atoms with van der Waals surface area (Å²) >= 11 is 0. The van der Waals surface area contributed by atoms with Crippen LogP contribution in [-0.2, 0) is 4.43 Å². The number of hydrogen-bond donors (Lipinski definition) is 0. The van der Waals surface area contributed by atoms with E-state index in [1.54, 1.807) is 15.6 Å². The fourth-order valence-electron chi connectivity index (χ4n) is 4.36. The van der Waals surface area contributed by atoms with Gasteiger partial charge in [0.05, 0.1) is 0 Å². The van der Waals surface area contributed by atoms with E-state index in [2.05, 4.69) is 88.5 Å². The predicted molar refractivity (Wildman–Crippen MR) is 110 cm³/mol. The van der Waals surface area contributed by atoms with Crippen molar-refractivity contribution in [1.82, 2.24) is 0 Å². The van der Waals surface area contributed by atoms with Crippen LogP contribution in [0.5, 0.6) is 0 Å². The van der Waals surface area contributed by atoms with Crippen molar-refractivity contribution in [3.63, 3.8) is 0 Å². The van der Waals surface area contributed by atoms with Gasteiger partial charge < -0.3 is 4.43 Å². The maximum Gasteiger partial charge on any atom is 0.221 e. The highest BCUT2D eigenvalue weighted by molar-refractivity contribution is 7.06. The molecule has 0 aromatic heterocycles. The van der Waals surface area contributed by atoms with Crippen LogP contribution in [0.3, 0.4) is 0 Å². The molecule has 0 fully saturated rings. The van der Waals surface area contributed by atoms with Crippen LogP contribution >= 0.6 is 0 Å². The Morgan fingerprint density at radius 1 is 0.792 bits per heavy atom. The van der Waals surface area contributed by atoms with Gasteiger partial charge in [0, 0.05) is 5.60 Å². The molecule has 0 bridgehead atoms. The summed E-state index contributed by atoms with van der Waals surface area (Å²) in [6, 6.07) is 23.0. The van der Waals surface area contributed by atoms with E-state index in [0.29, 0.717) is 0 Å². The first-order valence-corrected chi connectivity index (χ1v) is 14.4. The van der Waals surface area contributed by atoms with Gasteiger partial charge in [-0.25, -0.2) is 0 Å². The topological polar surface area (TPSA) is 9.23 Å². The van der Waals surface area contributed by atoms with Crippen molar-refractivity contribution in [3.8, 4) is 0 Å². The second kappa shape index (κ2) is 6.28. The van der Waals surface area contributed by atoms with Crippen molar-refractivity contribution in [2.24, 2.45) is 0 Å². The third-order valence-electron chi connectivity index (χ3n) is 5.36. The molecular formula is C21H30OSi2. The van der Waals surface area contributed by atoms with Gasteiger partial charge in [0.15, 0.2) is 0 Å². The van der Waals surface area contributed by atoms with Crippen molar-refractivity contribution in [3.05, 3.63) is 54.6 Å². The van der Waals surface area contributed by atoms with E-state index < -0.39 is 16.4 Å². The van der Waals surface area contributed by atoms with Crippen LogP contribution < -0.4 is 15.6 Å². The summed E-state index contributed by atoms with van der Waals surface area (Å²) in [6.45, 7) is 11.6. The molecule has 2 aromatic rings. The zero-order valence-corrected chi connectivity index (χ0v) is 17.7. The number of rotatable bonds is 2. The summed E-state index contributed by atoms with van der Waals surface area (Å²) in [4.78, 5) is 0. The first-order chi connectivity index (χ1) is 11.2. The molecule has 2 atom stereocenters. The normalized spacial score (nSPS) is 27.4. The lowest BCUT2D eigenvalue weighted by atomic mass is 10.2. The minimum absolute atomic E-state index is 0.0802. The van der Waals surface area contributed by atoms with Crippen LogP contribution in [0.2, 0.25) is 25.2 Å². The minimum Gasteiger partial charge on any atom is -0.408 e. The van der Waals surface area contributed by atoms with Crippen LogP contribution in [-0.4, -0.2) is 22.0 Å². The van der Waals surface area contributed by atoms with Crippen LogP contribution in [0.4, 0.5) is 0 Å². The van der Waals surface area contributed by atoms with Crippen molar-refractivity contribution < 1.29 is 4.43 Å². The summed E-state index contributed by atoms with van der Waals surface area (Å²) in [6.07, 6.45) is 1.28. The second-order valence-electron chi connectivity index (χ2n) is 8.54. The molecule has 3 rings (SSSR count). The highest BCUT2D eigenvalue weighted by Gasteiger charge is 2.45. The van der Waals surface area contributed by atoms with Gasteiger partial charge in [-0.05, 0) is 44.6 Å². The molecule has 0 saturated heterocycles. The molecule has 0 unspecified atom stereocenters. The number of benzene rings is 2. The van der Waals surface area contributed by atoms with Gasteiger partial charge in [0.2, 0.25) is 8.32 Å². The molecule has 0 radical (unpaired) electrons. The Labute approximate surface area is 149 Å². The van der Waals surface area contributed by atoms with Gasteiger partial charge >= 0.3 is 0 Å². The van der Waals surface area contributed by atoms with Crippen LogP contribution in [0, 0.1) is 0 Å². The molecule has 3 heteroatoms. The maximum atomic E-state index is 6.76. The molecule has 0 spiro atoms. The molecule has 1 aliphatic rings. The molecule has 128 valence electrons. The Morgan fingerprint density at radius 3 is 2.00 bits per heavy atom. The lowest BCUT2D eigenvalue weighted by Crippen LogP contribution is -2.65. The van der Waals surface area contributed by atoms with Gasteiger partial charge in [-0.2, -0.15) is 0 Å². The monoisotopic (exact) mass is 354 g/mol. The standard InChI is InChI=1S/C21H30OSi2/c1-21(2,3)22-24(5)17-11-16-23(4,18-12-7-6-8-13-18)19-14-9-10-15-20(19)24/h6-10,12-15H,11,16-17H2,1-5H3/t23-,24+/m0/s1. The van der Waals surface area contributed by atoms with E-state index >= 15 is 0 Å². The van der Waals surface area contributed by atoms with E-state index in [9.17, 15) is 0 Å². The first kappa shape index (κ1) is 17.7. The lowest BCUT2D eigenvalue weighted by molar-refractivity contribution is 0.123. The summed E-state index contributed by atoms with van der Waals surface area (Å²) < 4.78 is 6.76. The van der Waals surface area contributed by atoms with Gasteiger partial charge in [-0.3, -0.25) is 0 Å². The molecule has 0 aliphatic carbocycles. The SMILES string of the molecule is CC(C)(C)O[Si@]1(C)CCC[Si@@](C)(c2ccccc2)c2ccccc21. The Morgan fingerprint density at radius 2 is 1.38 bits per heavy atom. The average Bonchev–Trinajstić information content (AvgIpc) is 2.64. The fraction of sp³-hybridized carbons (Fsp3) is 0.429. The van der Waals surface area contributed by atoms with E-state index in [0.717, 1.165) is 0 Å². The van der Waals surface area contributed by atoms with Crippen LogP contribution in [0.1, 0.15) is 27.2 Å².